The first-order chi connectivity index (χ1) is 23.4. The van der Waals surface area contributed by atoms with E-state index < -0.39 is 11.9 Å². The molecule has 6 rings (SSSR count). The van der Waals surface area contributed by atoms with Gasteiger partial charge in [-0.05, 0) is 142 Å². The molecule has 0 saturated carbocycles. The van der Waals surface area contributed by atoms with Crippen LogP contribution in [0.25, 0.3) is 0 Å². The summed E-state index contributed by atoms with van der Waals surface area (Å²) in [5.41, 5.74) is 10.6. The largest absolute Gasteiger partial charge is 0.478 e. The van der Waals surface area contributed by atoms with Crippen LogP contribution in [0, 0.1) is 23.7 Å². The molecule has 4 aromatic rings. The van der Waals surface area contributed by atoms with Gasteiger partial charge >= 0.3 is 11.9 Å². The summed E-state index contributed by atoms with van der Waals surface area (Å²) in [6.45, 7) is 18.5. The number of carboxylic acids is 2. The zero-order chi connectivity index (χ0) is 36.5. The zero-order valence-electron chi connectivity index (χ0n) is 30.6. The van der Waals surface area contributed by atoms with Crippen molar-refractivity contribution in [2.45, 2.75) is 103 Å². The molecule has 2 N–H and O–H groups in total. The van der Waals surface area contributed by atoms with Crippen LogP contribution >= 0.6 is 0 Å². The lowest BCUT2D eigenvalue weighted by molar-refractivity contribution is 0.0686. The van der Waals surface area contributed by atoms with Crippen molar-refractivity contribution in [3.05, 3.63) is 141 Å². The number of carbonyl (C=O) groups is 2. The maximum Gasteiger partial charge on any atom is 0.335 e. The first-order valence-electron chi connectivity index (χ1n) is 17.4. The maximum absolute atomic E-state index is 10.9. The van der Waals surface area contributed by atoms with Gasteiger partial charge in [0.25, 0.3) is 0 Å². The fourth-order valence-electron chi connectivity index (χ4n) is 7.01. The summed E-state index contributed by atoms with van der Waals surface area (Å²) in [4.78, 5) is 21.8. The molecule has 0 aliphatic heterocycles. The molecular formula is C46H48O4. The van der Waals surface area contributed by atoms with Gasteiger partial charge in [-0.25, -0.2) is 9.59 Å². The van der Waals surface area contributed by atoms with E-state index in [-0.39, 0.29) is 32.8 Å². The number of hydrogen-bond acceptors (Lipinski definition) is 2. The van der Waals surface area contributed by atoms with Crippen molar-refractivity contribution in [3.8, 4) is 23.7 Å². The standard InChI is InChI=1S/2C23H24O2/c2*1-22(2)13-14-23(3,4)20-15-17(9-12-19(20)22)6-5-16-7-10-18(11-8-16)21(24)25/h2*7-12,15H,13-14H2,1-4H3,(H,24,25). The summed E-state index contributed by atoms with van der Waals surface area (Å²) < 4.78 is 0. The number of rotatable bonds is 2. The van der Waals surface area contributed by atoms with E-state index in [0.29, 0.717) is 0 Å². The van der Waals surface area contributed by atoms with E-state index in [9.17, 15) is 9.59 Å². The van der Waals surface area contributed by atoms with E-state index in [0.717, 1.165) is 22.3 Å². The molecule has 4 aromatic carbocycles. The molecule has 50 heavy (non-hydrogen) atoms. The topological polar surface area (TPSA) is 74.6 Å². The Kier molecular flexibility index (Phi) is 9.92. The Hall–Kier alpha value is -5.06. The Morgan fingerprint density at radius 1 is 0.420 bits per heavy atom. The predicted octanol–water partition coefficient (Wildman–Crippen LogP) is 10.3. The Morgan fingerprint density at radius 2 is 0.680 bits per heavy atom. The van der Waals surface area contributed by atoms with Crippen LogP contribution < -0.4 is 0 Å². The monoisotopic (exact) mass is 664 g/mol. The first kappa shape index (κ1) is 36.2. The van der Waals surface area contributed by atoms with Gasteiger partial charge in [0, 0.05) is 22.3 Å². The van der Waals surface area contributed by atoms with Crippen molar-refractivity contribution in [1.29, 1.82) is 0 Å². The van der Waals surface area contributed by atoms with Crippen molar-refractivity contribution in [1.82, 2.24) is 0 Å². The average Bonchev–Trinajstić information content (AvgIpc) is 3.08. The molecule has 2 aliphatic rings. The maximum atomic E-state index is 10.9. The van der Waals surface area contributed by atoms with Crippen LogP contribution in [0.15, 0.2) is 84.9 Å². The van der Waals surface area contributed by atoms with Gasteiger partial charge in [0.05, 0.1) is 11.1 Å². The van der Waals surface area contributed by atoms with Gasteiger partial charge in [0.1, 0.15) is 0 Å². The van der Waals surface area contributed by atoms with Crippen LogP contribution in [-0.2, 0) is 21.7 Å². The Morgan fingerprint density at radius 3 is 0.980 bits per heavy atom. The van der Waals surface area contributed by atoms with Crippen LogP contribution in [-0.4, -0.2) is 22.2 Å². The number of aromatic carboxylic acids is 2. The minimum atomic E-state index is -0.918. The fraction of sp³-hybridized carbons (Fsp3) is 0.348. The number of fused-ring (bicyclic) bond motifs is 2. The van der Waals surface area contributed by atoms with Gasteiger partial charge in [-0.1, -0.05) is 91.2 Å². The zero-order valence-corrected chi connectivity index (χ0v) is 30.6. The highest BCUT2D eigenvalue weighted by Crippen LogP contribution is 2.47. The third-order valence-corrected chi connectivity index (χ3v) is 10.7. The molecule has 0 bridgehead atoms. The van der Waals surface area contributed by atoms with Gasteiger partial charge in [0.15, 0.2) is 0 Å². The van der Waals surface area contributed by atoms with E-state index in [2.05, 4.69) is 115 Å². The van der Waals surface area contributed by atoms with Gasteiger partial charge in [-0.3, -0.25) is 0 Å². The molecule has 0 spiro atoms. The highest BCUT2D eigenvalue weighted by Gasteiger charge is 2.38. The smallest absolute Gasteiger partial charge is 0.335 e. The van der Waals surface area contributed by atoms with Crippen molar-refractivity contribution >= 4 is 11.9 Å². The number of carboxylic acid groups (broad SMARTS) is 2. The summed E-state index contributed by atoms with van der Waals surface area (Å²) in [6.07, 6.45) is 4.77. The molecule has 0 heterocycles. The highest BCUT2D eigenvalue weighted by atomic mass is 16.4. The summed E-state index contributed by atoms with van der Waals surface area (Å²) in [5, 5.41) is 17.9. The molecule has 0 saturated heterocycles. The predicted molar refractivity (Wildman–Crippen MR) is 202 cm³/mol. The molecule has 4 nitrogen and oxygen atoms in total. The summed E-state index contributed by atoms with van der Waals surface area (Å²) >= 11 is 0. The van der Waals surface area contributed by atoms with Gasteiger partial charge < -0.3 is 10.2 Å². The van der Waals surface area contributed by atoms with Gasteiger partial charge in [-0.2, -0.15) is 0 Å². The highest BCUT2D eigenvalue weighted by molar-refractivity contribution is 5.88. The normalized spacial score (nSPS) is 17.1. The molecule has 0 aromatic heterocycles. The second kappa shape index (κ2) is 13.7. The van der Waals surface area contributed by atoms with E-state index in [1.807, 2.05) is 0 Å². The van der Waals surface area contributed by atoms with Crippen molar-refractivity contribution in [2.24, 2.45) is 0 Å². The fourth-order valence-corrected chi connectivity index (χ4v) is 7.01. The molecular weight excluding hydrogens is 617 g/mol. The lowest BCUT2D eigenvalue weighted by atomic mass is 9.63. The van der Waals surface area contributed by atoms with Gasteiger partial charge in [0.2, 0.25) is 0 Å². The van der Waals surface area contributed by atoms with E-state index >= 15 is 0 Å². The molecule has 0 unspecified atom stereocenters. The van der Waals surface area contributed by atoms with Crippen LogP contribution in [0.4, 0.5) is 0 Å². The van der Waals surface area contributed by atoms with Crippen molar-refractivity contribution < 1.29 is 19.8 Å². The van der Waals surface area contributed by atoms with E-state index in [1.165, 1.54) is 47.9 Å². The van der Waals surface area contributed by atoms with Crippen LogP contribution in [0.2, 0.25) is 0 Å². The Labute approximate surface area is 298 Å². The second-order valence-corrected chi connectivity index (χ2v) is 16.3. The minimum Gasteiger partial charge on any atom is -0.478 e. The molecule has 0 atom stereocenters. The third kappa shape index (κ3) is 8.04. The van der Waals surface area contributed by atoms with Crippen LogP contribution in [0.3, 0.4) is 0 Å². The van der Waals surface area contributed by atoms with Gasteiger partial charge in [-0.15, -0.1) is 0 Å². The van der Waals surface area contributed by atoms with Crippen molar-refractivity contribution in [3.63, 3.8) is 0 Å². The molecule has 0 amide bonds. The lowest BCUT2D eigenvalue weighted by Crippen LogP contribution is -2.33. The quantitative estimate of drug-likeness (QED) is 0.209. The van der Waals surface area contributed by atoms with Crippen LogP contribution in [0.5, 0.6) is 0 Å². The third-order valence-electron chi connectivity index (χ3n) is 10.7. The van der Waals surface area contributed by atoms with Crippen molar-refractivity contribution in [2.75, 3.05) is 0 Å². The Bertz CT molecular complexity index is 1900. The molecule has 2 aliphatic carbocycles. The Balaban J connectivity index is 0.000000194. The second-order valence-electron chi connectivity index (χ2n) is 16.3. The minimum absolute atomic E-state index is 0.172. The number of benzene rings is 4. The van der Waals surface area contributed by atoms with Crippen LogP contribution in [0.1, 0.15) is 146 Å². The average molecular weight is 665 g/mol. The SMILES string of the molecule is CC1(C)CCC(C)(C)c2cc(C#Cc3ccc(C(=O)O)cc3)ccc21.CC1(C)CCC(C)(C)c2cc(C#Cc3ccc(C(=O)O)cc3)ccc21. The van der Waals surface area contributed by atoms with E-state index in [4.69, 9.17) is 10.2 Å². The van der Waals surface area contributed by atoms with E-state index in [1.54, 1.807) is 48.5 Å². The summed E-state index contributed by atoms with van der Waals surface area (Å²) in [6, 6.07) is 26.5. The summed E-state index contributed by atoms with van der Waals surface area (Å²) in [7, 11) is 0. The number of hydrogen-bond donors (Lipinski definition) is 2. The molecule has 0 radical (unpaired) electrons. The molecule has 0 fully saturated rings. The first-order valence-corrected chi connectivity index (χ1v) is 17.4. The molecule has 4 heteroatoms. The summed E-state index contributed by atoms with van der Waals surface area (Å²) in [5.74, 6) is 10.9. The lowest BCUT2D eigenvalue weighted by Gasteiger charge is -2.41. The molecule has 256 valence electrons.